The lowest BCUT2D eigenvalue weighted by Gasteiger charge is -2.18. The Morgan fingerprint density at radius 2 is 2.14 bits per heavy atom. The first-order valence-corrected chi connectivity index (χ1v) is 8.43. The highest BCUT2D eigenvalue weighted by atomic mass is 32.1. The van der Waals surface area contributed by atoms with Crippen LogP contribution in [-0.4, -0.2) is 17.9 Å². The fourth-order valence-electron chi connectivity index (χ4n) is 3.12. The monoisotopic (exact) mass is 308 g/mol. The van der Waals surface area contributed by atoms with Crippen molar-refractivity contribution in [3.63, 3.8) is 0 Å². The second-order valence-electron chi connectivity index (χ2n) is 5.91. The Balaban J connectivity index is 1.75. The van der Waals surface area contributed by atoms with Crippen molar-refractivity contribution in [3.05, 3.63) is 21.4 Å². The minimum absolute atomic E-state index is 0.0396. The van der Waals surface area contributed by atoms with Crippen LogP contribution in [0.15, 0.2) is 6.07 Å². The summed E-state index contributed by atoms with van der Waals surface area (Å²) >= 11 is 1.81. The van der Waals surface area contributed by atoms with Crippen LogP contribution in [0.4, 0.5) is 0 Å². The maximum absolute atomic E-state index is 12.0. The number of primary amides is 1. The molecule has 0 spiro atoms. The van der Waals surface area contributed by atoms with Crippen molar-refractivity contribution < 1.29 is 9.59 Å². The van der Waals surface area contributed by atoms with Crippen molar-refractivity contribution in [2.45, 2.75) is 58.4 Å². The minimum Gasteiger partial charge on any atom is -0.369 e. The lowest BCUT2D eigenvalue weighted by atomic mass is 10.0. The Labute approximate surface area is 130 Å². The summed E-state index contributed by atoms with van der Waals surface area (Å²) in [5.74, 6) is -0.435. The van der Waals surface area contributed by atoms with Crippen LogP contribution in [0.3, 0.4) is 0 Å². The van der Waals surface area contributed by atoms with Gasteiger partial charge in [-0.05, 0) is 51.2 Å². The third-order valence-corrected chi connectivity index (χ3v) is 5.23. The van der Waals surface area contributed by atoms with Gasteiger partial charge in [0, 0.05) is 22.2 Å². The van der Waals surface area contributed by atoms with Crippen molar-refractivity contribution in [2.24, 2.45) is 11.7 Å². The van der Waals surface area contributed by atoms with E-state index in [1.165, 1.54) is 15.3 Å². The molecule has 21 heavy (non-hydrogen) atoms. The Morgan fingerprint density at radius 3 is 2.76 bits per heavy atom. The zero-order valence-electron chi connectivity index (χ0n) is 12.8. The molecule has 2 rings (SSSR count). The molecule has 1 aromatic heterocycles. The molecular formula is C16H24N2O2S. The molecule has 2 amide bonds. The number of hydrogen-bond acceptors (Lipinski definition) is 3. The zero-order valence-corrected chi connectivity index (χ0v) is 13.6. The van der Waals surface area contributed by atoms with E-state index in [4.69, 9.17) is 5.73 Å². The highest BCUT2D eigenvalue weighted by Gasteiger charge is 2.32. The molecule has 1 aliphatic carbocycles. The molecule has 1 saturated carbocycles. The molecule has 0 aromatic carbocycles. The number of amides is 2. The summed E-state index contributed by atoms with van der Waals surface area (Å²) < 4.78 is 0. The summed E-state index contributed by atoms with van der Waals surface area (Å²) in [7, 11) is 0. The van der Waals surface area contributed by atoms with Gasteiger partial charge in [0.2, 0.25) is 11.8 Å². The Hall–Kier alpha value is -1.36. The lowest BCUT2D eigenvalue weighted by Crippen LogP contribution is -2.42. The van der Waals surface area contributed by atoms with Gasteiger partial charge in [-0.1, -0.05) is 6.42 Å². The molecule has 116 valence electrons. The van der Waals surface area contributed by atoms with E-state index < -0.39 is 0 Å². The van der Waals surface area contributed by atoms with Crippen LogP contribution in [0.5, 0.6) is 0 Å². The van der Waals surface area contributed by atoms with Gasteiger partial charge in [-0.3, -0.25) is 9.59 Å². The van der Waals surface area contributed by atoms with Gasteiger partial charge in [0.15, 0.2) is 0 Å². The van der Waals surface area contributed by atoms with E-state index in [2.05, 4.69) is 25.2 Å². The number of rotatable bonds is 6. The normalized spacial score (nSPS) is 21.4. The average Bonchev–Trinajstić information content (AvgIpc) is 2.96. The highest BCUT2D eigenvalue weighted by Crippen LogP contribution is 2.25. The molecule has 0 aliphatic heterocycles. The Bertz CT molecular complexity index is 524. The largest absolute Gasteiger partial charge is 0.369 e. The molecule has 0 saturated heterocycles. The van der Waals surface area contributed by atoms with Crippen molar-refractivity contribution in [1.82, 2.24) is 5.32 Å². The fourth-order valence-corrected chi connectivity index (χ4v) is 4.10. The number of aryl methyl sites for hydroxylation is 3. The summed E-state index contributed by atoms with van der Waals surface area (Å²) in [5.41, 5.74) is 6.72. The van der Waals surface area contributed by atoms with Crippen LogP contribution in [-0.2, 0) is 16.0 Å². The molecule has 1 aromatic rings. The molecule has 1 heterocycles. The molecule has 5 heteroatoms. The van der Waals surface area contributed by atoms with E-state index in [9.17, 15) is 9.59 Å². The van der Waals surface area contributed by atoms with Crippen LogP contribution in [0, 0.1) is 19.8 Å². The highest BCUT2D eigenvalue weighted by molar-refractivity contribution is 7.12. The summed E-state index contributed by atoms with van der Waals surface area (Å²) in [6.45, 7) is 4.24. The summed E-state index contributed by atoms with van der Waals surface area (Å²) in [6.07, 6.45) is 4.92. The Kier molecular flexibility index (Phi) is 5.39. The average molecular weight is 308 g/mol. The smallest absolute Gasteiger partial charge is 0.222 e. The van der Waals surface area contributed by atoms with E-state index in [0.29, 0.717) is 6.42 Å². The first-order chi connectivity index (χ1) is 9.97. The minimum atomic E-state index is -0.290. The van der Waals surface area contributed by atoms with Crippen LogP contribution >= 0.6 is 11.3 Å². The SMILES string of the molecule is Cc1cc(CCCC(=O)N[C@@H]2CCC[C@@H]2C(N)=O)c(C)s1. The molecule has 3 N–H and O–H groups in total. The number of nitrogens with two attached hydrogens (primary N) is 1. The van der Waals surface area contributed by atoms with Gasteiger partial charge in [-0.2, -0.15) is 0 Å². The quantitative estimate of drug-likeness (QED) is 0.847. The van der Waals surface area contributed by atoms with Gasteiger partial charge in [-0.25, -0.2) is 0 Å². The second-order valence-corrected chi connectivity index (χ2v) is 7.37. The zero-order chi connectivity index (χ0) is 15.4. The van der Waals surface area contributed by atoms with Crippen molar-refractivity contribution in [1.29, 1.82) is 0 Å². The molecule has 0 radical (unpaired) electrons. The van der Waals surface area contributed by atoms with Crippen molar-refractivity contribution >= 4 is 23.2 Å². The molecule has 1 aliphatic rings. The van der Waals surface area contributed by atoms with E-state index in [0.717, 1.165) is 32.1 Å². The predicted octanol–water partition coefficient (Wildman–Crippen LogP) is 2.46. The second kappa shape index (κ2) is 7.07. The summed E-state index contributed by atoms with van der Waals surface area (Å²) in [4.78, 5) is 26.0. The third kappa shape index (κ3) is 4.30. The van der Waals surface area contributed by atoms with Gasteiger partial charge in [-0.15, -0.1) is 11.3 Å². The third-order valence-electron chi connectivity index (χ3n) is 4.22. The van der Waals surface area contributed by atoms with E-state index >= 15 is 0 Å². The first-order valence-electron chi connectivity index (χ1n) is 7.62. The topological polar surface area (TPSA) is 72.2 Å². The number of carbonyl (C=O) groups excluding carboxylic acids is 2. The maximum Gasteiger partial charge on any atom is 0.222 e. The van der Waals surface area contributed by atoms with Crippen LogP contribution in [0.1, 0.15) is 47.4 Å². The maximum atomic E-state index is 12.0. The van der Waals surface area contributed by atoms with Crippen molar-refractivity contribution in [3.8, 4) is 0 Å². The Morgan fingerprint density at radius 1 is 1.38 bits per heavy atom. The standard InChI is InChI=1S/C16H24N2O2S/c1-10-9-12(11(2)21-10)5-3-8-15(19)18-14-7-4-6-13(14)16(17)20/h9,13-14H,3-8H2,1-2H3,(H2,17,20)(H,18,19)/t13-,14+/m0/s1. The van der Waals surface area contributed by atoms with Gasteiger partial charge in [0.1, 0.15) is 0 Å². The van der Waals surface area contributed by atoms with E-state index in [1.807, 2.05) is 0 Å². The number of nitrogens with one attached hydrogen (secondary N) is 1. The number of thiophene rings is 1. The lowest BCUT2D eigenvalue weighted by molar-refractivity contribution is -0.124. The van der Waals surface area contributed by atoms with Gasteiger partial charge < -0.3 is 11.1 Å². The summed E-state index contributed by atoms with van der Waals surface area (Å²) in [6, 6.07) is 2.15. The number of carbonyl (C=O) groups is 2. The van der Waals surface area contributed by atoms with Crippen LogP contribution < -0.4 is 11.1 Å². The fraction of sp³-hybridized carbons (Fsp3) is 0.625. The molecule has 2 atom stereocenters. The molecular weight excluding hydrogens is 284 g/mol. The predicted molar refractivity (Wildman–Crippen MR) is 85.2 cm³/mol. The van der Waals surface area contributed by atoms with E-state index in [-0.39, 0.29) is 23.8 Å². The van der Waals surface area contributed by atoms with Gasteiger partial charge in [0.05, 0.1) is 5.92 Å². The van der Waals surface area contributed by atoms with Crippen LogP contribution in [0.25, 0.3) is 0 Å². The number of hydrogen-bond donors (Lipinski definition) is 2. The first kappa shape index (κ1) is 16.0. The van der Waals surface area contributed by atoms with Gasteiger partial charge >= 0.3 is 0 Å². The van der Waals surface area contributed by atoms with Gasteiger partial charge in [0.25, 0.3) is 0 Å². The van der Waals surface area contributed by atoms with Crippen molar-refractivity contribution in [2.75, 3.05) is 0 Å². The van der Waals surface area contributed by atoms with E-state index in [1.54, 1.807) is 11.3 Å². The molecule has 1 fully saturated rings. The van der Waals surface area contributed by atoms with Crippen LogP contribution in [0.2, 0.25) is 0 Å². The molecule has 0 unspecified atom stereocenters. The molecule has 4 nitrogen and oxygen atoms in total. The molecule has 0 bridgehead atoms. The summed E-state index contributed by atoms with van der Waals surface area (Å²) in [5, 5.41) is 2.98.